The van der Waals surface area contributed by atoms with Crippen LogP contribution in [0.15, 0.2) is 0 Å². The van der Waals surface area contributed by atoms with Crippen molar-refractivity contribution in [3.05, 3.63) is 0 Å². The first-order chi connectivity index (χ1) is 9.88. The summed E-state index contributed by atoms with van der Waals surface area (Å²) in [4.78, 5) is 0. The lowest BCUT2D eigenvalue weighted by Crippen LogP contribution is -2.35. The van der Waals surface area contributed by atoms with Crippen molar-refractivity contribution in [1.29, 1.82) is 0 Å². The van der Waals surface area contributed by atoms with Crippen molar-refractivity contribution in [1.82, 2.24) is 0 Å². The number of hydrogen-bond acceptors (Lipinski definition) is 0. The van der Waals surface area contributed by atoms with E-state index < -0.39 is 0 Å². The minimum Gasteiger partial charge on any atom is -0.115 e. The fraction of sp³-hybridized carbons (Fsp3) is 1.00. The Labute approximate surface area is 144 Å². The van der Waals surface area contributed by atoms with Crippen LogP contribution in [-0.4, -0.2) is 19.7 Å². The molecule has 2 aliphatic rings. The third-order valence-electron chi connectivity index (χ3n) is 6.47. The lowest BCUT2D eigenvalue weighted by Gasteiger charge is -2.44. The maximum absolute atomic E-state index is 2.50. The molecule has 22 heavy (non-hydrogen) atoms. The Balaban J connectivity index is 0.00000242. The quantitative estimate of drug-likeness (QED) is 0.427. The van der Waals surface area contributed by atoms with E-state index in [1.54, 1.807) is 0 Å². The highest BCUT2D eigenvalue weighted by molar-refractivity contribution is 7.39. The van der Waals surface area contributed by atoms with Crippen molar-refractivity contribution < 1.29 is 0 Å². The molecule has 0 aromatic rings. The molecule has 127 valence electrons. The van der Waals surface area contributed by atoms with Crippen LogP contribution >= 0.6 is 8.58 Å². The topological polar surface area (TPSA) is 0 Å². The van der Waals surface area contributed by atoms with Crippen LogP contribution in [0.25, 0.3) is 0 Å². The fourth-order valence-electron chi connectivity index (χ4n) is 5.06. The van der Waals surface area contributed by atoms with Crippen molar-refractivity contribution in [3.63, 3.8) is 0 Å². The monoisotopic (exact) mass is 321 g/mol. The zero-order valence-corrected chi connectivity index (χ0v) is 16.9. The van der Waals surface area contributed by atoms with E-state index in [1.165, 1.54) is 47.1 Å². The Kier molecular flexibility index (Phi) is 8.50. The van der Waals surface area contributed by atoms with Gasteiger partial charge in [0.2, 0.25) is 0 Å². The number of hydrogen-bond donors (Lipinski definition) is 0. The molecule has 0 aromatic carbocycles. The molecule has 0 amide bonds. The summed E-state index contributed by atoms with van der Waals surface area (Å²) in [7, 11) is 1.25. The lowest BCUT2D eigenvalue weighted by atomic mass is 9.76. The third kappa shape index (κ3) is 5.26. The first-order valence-electron chi connectivity index (χ1n) is 9.64. The molecular formula is C20H39BP. The highest BCUT2D eigenvalue weighted by Gasteiger charge is 2.37. The van der Waals surface area contributed by atoms with Crippen molar-refractivity contribution >= 4 is 17.0 Å². The molecule has 0 bridgehead atoms. The molecule has 2 aliphatic carbocycles. The molecule has 2 fully saturated rings. The van der Waals surface area contributed by atoms with E-state index in [-0.39, 0.29) is 8.41 Å². The summed E-state index contributed by atoms with van der Waals surface area (Å²) in [6, 6.07) is 0. The molecule has 0 nitrogen and oxygen atoms in total. The molecule has 0 saturated heterocycles. The smallest absolute Gasteiger partial charge is 0 e. The van der Waals surface area contributed by atoms with Crippen molar-refractivity contribution in [2.45, 2.75) is 91.4 Å². The molecule has 6 atom stereocenters. The Bertz CT molecular complexity index is 285. The maximum Gasteiger partial charge on any atom is 0 e. The Morgan fingerprint density at radius 1 is 0.682 bits per heavy atom. The predicted octanol–water partition coefficient (Wildman–Crippen LogP) is 6.21. The van der Waals surface area contributed by atoms with Crippen LogP contribution in [0.1, 0.15) is 80.1 Å². The van der Waals surface area contributed by atoms with Gasteiger partial charge < -0.3 is 0 Å². The van der Waals surface area contributed by atoms with E-state index in [0.717, 1.165) is 46.8 Å². The van der Waals surface area contributed by atoms with Gasteiger partial charge in [0.05, 0.1) is 0 Å². The van der Waals surface area contributed by atoms with Gasteiger partial charge in [0, 0.05) is 8.41 Å². The summed E-state index contributed by atoms with van der Waals surface area (Å²) in [5.74, 6) is 5.79. The molecule has 0 aromatic heterocycles. The van der Waals surface area contributed by atoms with Crippen LogP contribution < -0.4 is 0 Å². The highest BCUT2D eigenvalue weighted by Crippen LogP contribution is 2.51. The van der Waals surface area contributed by atoms with Gasteiger partial charge in [-0.3, -0.25) is 0 Å². The summed E-state index contributed by atoms with van der Waals surface area (Å²) >= 11 is 0. The van der Waals surface area contributed by atoms with Gasteiger partial charge in [0.25, 0.3) is 0 Å². The van der Waals surface area contributed by atoms with Gasteiger partial charge in [-0.15, -0.1) is 8.58 Å². The van der Waals surface area contributed by atoms with Crippen molar-refractivity contribution in [2.75, 3.05) is 0 Å². The molecule has 2 rings (SSSR count). The molecule has 2 heteroatoms. The highest BCUT2D eigenvalue weighted by atomic mass is 31.1. The summed E-state index contributed by atoms with van der Waals surface area (Å²) < 4.78 is 0. The molecule has 0 spiro atoms. The predicted molar refractivity (Wildman–Crippen MR) is 104 cm³/mol. The first kappa shape index (κ1) is 20.5. The molecule has 2 saturated carbocycles. The zero-order valence-electron chi connectivity index (χ0n) is 15.9. The average molecular weight is 321 g/mol. The van der Waals surface area contributed by atoms with Gasteiger partial charge in [0.15, 0.2) is 0 Å². The molecule has 0 N–H and O–H groups in total. The van der Waals surface area contributed by atoms with Crippen molar-refractivity contribution in [2.24, 2.45) is 35.5 Å². The zero-order chi connectivity index (χ0) is 15.6. The standard InChI is InChI=1S/C20H39P.B/c1-13(2)17-9-7-15(5)11-19(17)21-20-12-16(6)8-10-18(20)14(3)4;/h13-21H,7-12H2,1-6H3;. The fourth-order valence-corrected chi connectivity index (χ4v) is 8.29. The Morgan fingerprint density at radius 3 is 1.36 bits per heavy atom. The normalized spacial score (nSPS) is 40.4. The second kappa shape index (κ2) is 9.10. The third-order valence-corrected chi connectivity index (χ3v) is 8.66. The number of rotatable bonds is 4. The van der Waals surface area contributed by atoms with Gasteiger partial charge in [-0.2, -0.15) is 0 Å². The minimum atomic E-state index is 0. The largest absolute Gasteiger partial charge is 0.115 e. The average Bonchev–Trinajstić information content (AvgIpc) is 2.38. The van der Waals surface area contributed by atoms with Gasteiger partial charge in [0.1, 0.15) is 0 Å². The summed E-state index contributed by atoms with van der Waals surface area (Å²) in [6.45, 7) is 14.9. The minimum absolute atomic E-state index is 0. The SMILES string of the molecule is CC1CCC(C(C)C)C(PC2CC(C)CCC2C(C)C)C1.[B]. The lowest BCUT2D eigenvalue weighted by molar-refractivity contribution is 0.226. The van der Waals surface area contributed by atoms with E-state index in [0.29, 0.717) is 0 Å². The van der Waals surface area contributed by atoms with Crippen LogP contribution in [0.5, 0.6) is 0 Å². The van der Waals surface area contributed by atoms with Crippen LogP contribution in [0, 0.1) is 35.5 Å². The Morgan fingerprint density at radius 2 is 1.05 bits per heavy atom. The van der Waals surface area contributed by atoms with Gasteiger partial charge in [-0.1, -0.05) is 54.4 Å². The van der Waals surface area contributed by atoms with E-state index in [4.69, 9.17) is 0 Å². The van der Waals surface area contributed by atoms with E-state index >= 15 is 0 Å². The van der Waals surface area contributed by atoms with Crippen LogP contribution in [0.4, 0.5) is 0 Å². The molecule has 0 heterocycles. The first-order valence-corrected chi connectivity index (χ1v) is 10.8. The summed E-state index contributed by atoms with van der Waals surface area (Å²) in [6.07, 6.45) is 9.03. The van der Waals surface area contributed by atoms with Crippen molar-refractivity contribution in [3.8, 4) is 0 Å². The maximum atomic E-state index is 2.50. The molecule has 6 unspecified atom stereocenters. The second-order valence-electron chi connectivity index (χ2n) is 9.03. The molecular weight excluding hydrogens is 282 g/mol. The van der Waals surface area contributed by atoms with Gasteiger partial charge in [-0.05, 0) is 72.5 Å². The van der Waals surface area contributed by atoms with Crippen LogP contribution in [-0.2, 0) is 0 Å². The van der Waals surface area contributed by atoms with Crippen LogP contribution in [0.3, 0.4) is 0 Å². The van der Waals surface area contributed by atoms with Gasteiger partial charge in [-0.25, -0.2) is 0 Å². The van der Waals surface area contributed by atoms with E-state index in [2.05, 4.69) is 41.5 Å². The Hall–Kier alpha value is 0.495. The summed E-state index contributed by atoms with van der Waals surface area (Å²) in [5.41, 5.74) is 2.09. The molecule has 3 radical (unpaired) electrons. The van der Waals surface area contributed by atoms with E-state index in [9.17, 15) is 0 Å². The van der Waals surface area contributed by atoms with Crippen LogP contribution in [0.2, 0.25) is 0 Å². The molecule has 0 aliphatic heterocycles. The van der Waals surface area contributed by atoms with E-state index in [1.807, 2.05) is 0 Å². The second-order valence-corrected chi connectivity index (χ2v) is 10.8. The summed E-state index contributed by atoms with van der Waals surface area (Å²) in [5, 5.41) is 0. The van der Waals surface area contributed by atoms with Gasteiger partial charge >= 0.3 is 0 Å².